The molecule has 2 aromatic carbocycles. The summed E-state index contributed by atoms with van der Waals surface area (Å²) in [7, 11) is 0. The number of pyridine rings is 2. The third kappa shape index (κ3) is 3.66. The lowest BCUT2D eigenvalue weighted by atomic mass is 10.1. The molecule has 6 nitrogen and oxygen atoms in total. The highest BCUT2D eigenvalue weighted by Crippen LogP contribution is 2.48. The van der Waals surface area contributed by atoms with Crippen LogP contribution in [-0.2, 0) is 5.54 Å². The number of halogens is 1. The van der Waals surface area contributed by atoms with Gasteiger partial charge in [0.15, 0.2) is 0 Å². The highest BCUT2D eigenvalue weighted by molar-refractivity contribution is 5.97. The van der Waals surface area contributed by atoms with Crippen LogP contribution in [0.4, 0.5) is 10.2 Å². The average molecular weight is 415 g/mol. The van der Waals surface area contributed by atoms with Gasteiger partial charge in [0.1, 0.15) is 23.1 Å². The van der Waals surface area contributed by atoms with Crippen LogP contribution in [0, 0.1) is 5.82 Å². The Morgan fingerprint density at radius 3 is 2.61 bits per heavy atom. The number of benzene rings is 2. The predicted octanol–water partition coefficient (Wildman–Crippen LogP) is 5.36. The van der Waals surface area contributed by atoms with Gasteiger partial charge in [-0.25, -0.2) is 14.2 Å². The van der Waals surface area contributed by atoms with Crippen LogP contribution in [0.5, 0.6) is 11.5 Å². The zero-order valence-electron chi connectivity index (χ0n) is 16.4. The number of carbonyl (C=O) groups is 1. The van der Waals surface area contributed by atoms with Gasteiger partial charge >= 0.3 is 5.97 Å². The van der Waals surface area contributed by atoms with E-state index >= 15 is 0 Å². The first-order valence-electron chi connectivity index (χ1n) is 9.83. The number of nitrogens with zero attached hydrogens (tertiary/aromatic N) is 2. The fraction of sp³-hybridized carbons (Fsp3) is 0.125. The first-order valence-corrected chi connectivity index (χ1v) is 9.83. The van der Waals surface area contributed by atoms with Gasteiger partial charge in [-0.3, -0.25) is 4.98 Å². The Bertz CT molecular complexity index is 1280. The summed E-state index contributed by atoms with van der Waals surface area (Å²) >= 11 is 0. The van der Waals surface area contributed by atoms with Crippen LogP contribution in [-0.4, -0.2) is 21.0 Å². The molecule has 31 heavy (non-hydrogen) atoms. The van der Waals surface area contributed by atoms with Crippen molar-refractivity contribution in [2.75, 3.05) is 5.32 Å². The smallest absolute Gasteiger partial charge is 0.337 e. The Hall–Kier alpha value is -4.00. The summed E-state index contributed by atoms with van der Waals surface area (Å²) in [5, 5.41) is 14.3. The molecule has 0 spiro atoms. The Morgan fingerprint density at radius 1 is 1.06 bits per heavy atom. The first kappa shape index (κ1) is 19.0. The van der Waals surface area contributed by atoms with Crippen LogP contribution in [0.25, 0.3) is 10.8 Å². The summed E-state index contributed by atoms with van der Waals surface area (Å²) < 4.78 is 19.6. The number of nitrogens with one attached hydrogen (secondary N) is 1. The van der Waals surface area contributed by atoms with E-state index in [0.717, 1.165) is 29.3 Å². The second-order valence-electron chi connectivity index (χ2n) is 7.52. The molecule has 1 aliphatic rings. The number of hydrogen-bond acceptors (Lipinski definition) is 5. The molecule has 2 aromatic heterocycles. The van der Waals surface area contributed by atoms with Crippen molar-refractivity contribution in [1.29, 1.82) is 0 Å². The molecular formula is C24H18FN3O3. The normalized spacial score (nSPS) is 14.2. The van der Waals surface area contributed by atoms with E-state index in [9.17, 15) is 9.18 Å². The quantitative estimate of drug-likeness (QED) is 0.441. The largest absolute Gasteiger partial charge is 0.478 e. The van der Waals surface area contributed by atoms with Gasteiger partial charge in [0.25, 0.3) is 0 Å². The maximum absolute atomic E-state index is 13.6. The van der Waals surface area contributed by atoms with Crippen molar-refractivity contribution >= 4 is 22.6 Å². The number of carboxylic acid groups (broad SMARTS) is 1. The maximum atomic E-state index is 13.6. The average Bonchev–Trinajstić information content (AvgIpc) is 3.55. The molecular weight excluding hydrogens is 397 g/mol. The maximum Gasteiger partial charge on any atom is 0.337 e. The minimum atomic E-state index is -1.01. The second-order valence-corrected chi connectivity index (χ2v) is 7.52. The van der Waals surface area contributed by atoms with Gasteiger partial charge < -0.3 is 15.2 Å². The van der Waals surface area contributed by atoms with Crippen molar-refractivity contribution in [2.45, 2.75) is 18.4 Å². The van der Waals surface area contributed by atoms with Crippen LogP contribution < -0.4 is 10.1 Å². The lowest BCUT2D eigenvalue weighted by Crippen LogP contribution is -2.21. The zero-order valence-corrected chi connectivity index (χ0v) is 16.4. The fourth-order valence-electron chi connectivity index (χ4n) is 3.63. The first-order chi connectivity index (χ1) is 15.0. The van der Waals surface area contributed by atoms with Crippen LogP contribution >= 0.6 is 0 Å². The van der Waals surface area contributed by atoms with Gasteiger partial charge in [-0.2, -0.15) is 0 Å². The summed E-state index contributed by atoms with van der Waals surface area (Å²) in [5.74, 6) is 0.206. The van der Waals surface area contributed by atoms with Crippen LogP contribution in [0.1, 0.15) is 28.9 Å². The van der Waals surface area contributed by atoms with Gasteiger partial charge in [-0.15, -0.1) is 0 Å². The van der Waals surface area contributed by atoms with Crippen molar-refractivity contribution in [1.82, 2.24) is 9.97 Å². The summed E-state index contributed by atoms with van der Waals surface area (Å²) in [4.78, 5) is 20.0. The number of aromatic carboxylic acids is 1. The Morgan fingerprint density at radius 2 is 1.90 bits per heavy atom. The number of anilines is 1. The third-order valence-electron chi connectivity index (χ3n) is 5.39. The van der Waals surface area contributed by atoms with Crippen molar-refractivity contribution < 1.29 is 19.0 Å². The van der Waals surface area contributed by atoms with Crippen molar-refractivity contribution in [3.8, 4) is 11.5 Å². The van der Waals surface area contributed by atoms with E-state index in [0.29, 0.717) is 17.3 Å². The van der Waals surface area contributed by atoms with E-state index < -0.39 is 11.5 Å². The molecule has 1 saturated carbocycles. The summed E-state index contributed by atoms with van der Waals surface area (Å²) in [6.07, 6.45) is 4.77. The van der Waals surface area contributed by atoms with E-state index in [1.54, 1.807) is 30.5 Å². The van der Waals surface area contributed by atoms with Gasteiger partial charge in [0, 0.05) is 18.5 Å². The van der Waals surface area contributed by atoms with Gasteiger partial charge in [-0.1, -0.05) is 18.2 Å². The lowest BCUT2D eigenvalue weighted by molar-refractivity contribution is 0.0696. The van der Waals surface area contributed by atoms with Crippen LogP contribution in [0.15, 0.2) is 73.1 Å². The number of ether oxygens (including phenoxy) is 1. The minimum Gasteiger partial charge on any atom is -0.478 e. The molecule has 7 heteroatoms. The number of hydrogen-bond donors (Lipinski definition) is 2. The molecule has 5 rings (SSSR count). The second kappa shape index (κ2) is 7.36. The molecule has 0 unspecified atom stereocenters. The molecule has 0 amide bonds. The molecule has 2 heterocycles. The van der Waals surface area contributed by atoms with E-state index in [2.05, 4.69) is 15.3 Å². The van der Waals surface area contributed by atoms with E-state index in [1.165, 1.54) is 18.3 Å². The molecule has 1 aliphatic carbocycles. The van der Waals surface area contributed by atoms with Crippen LogP contribution in [0.3, 0.4) is 0 Å². The van der Waals surface area contributed by atoms with E-state index in [-0.39, 0.29) is 11.4 Å². The fourth-order valence-corrected chi connectivity index (χ4v) is 3.63. The number of carboxylic acids is 1. The summed E-state index contributed by atoms with van der Waals surface area (Å²) in [5.41, 5.74) is 0.498. The predicted molar refractivity (Wildman–Crippen MR) is 114 cm³/mol. The van der Waals surface area contributed by atoms with Crippen molar-refractivity contribution in [3.63, 3.8) is 0 Å². The SMILES string of the molecule is O=C(O)c1ccc(C2(Nc3nccc4cccc(Oc5cccc(F)c5)c34)CC2)nc1. The third-order valence-corrected chi connectivity index (χ3v) is 5.39. The Kier molecular flexibility index (Phi) is 4.51. The number of rotatable bonds is 6. The molecule has 0 atom stereocenters. The zero-order chi connectivity index (χ0) is 21.4. The Labute approximate surface area is 177 Å². The lowest BCUT2D eigenvalue weighted by Gasteiger charge is -2.20. The molecule has 0 bridgehead atoms. The molecule has 0 saturated heterocycles. The number of fused-ring (bicyclic) bond motifs is 1. The monoisotopic (exact) mass is 415 g/mol. The topological polar surface area (TPSA) is 84.3 Å². The van der Waals surface area contributed by atoms with E-state index in [1.807, 2.05) is 24.3 Å². The number of aromatic nitrogens is 2. The molecule has 1 fully saturated rings. The molecule has 154 valence electrons. The highest BCUT2D eigenvalue weighted by Gasteiger charge is 2.46. The van der Waals surface area contributed by atoms with Gasteiger partial charge in [0.2, 0.25) is 0 Å². The summed E-state index contributed by atoms with van der Waals surface area (Å²) in [6.45, 7) is 0. The summed E-state index contributed by atoms with van der Waals surface area (Å²) in [6, 6.07) is 16.8. The highest BCUT2D eigenvalue weighted by atomic mass is 19.1. The Balaban J connectivity index is 1.52. The minimum absolute atomic E-state index is 0.147. The van der Waals surface area contributed by atoms with Crippen molar-refractivity contribution in [3.05, 3.63) is 90.1 Å². The molecule has 0 radical (unpaired) electrons. The molecule has 4 aromatic rings. The van der Waals surface area contributed by atoms with Crippen molar-refractivity contribution in [2.24, 2.45) is 0 Å². The van der Waals surface area contributed by atoms with Gasteiger partial charge in [-0.05, 0) is 54.6 Å². The molecule has 2 N–H and O–H groups in total. The molecule has 0 aliphatic heterocycles. The van der Waals surface area contributed by atoms with Crippen LogP contribution in [0.2, 0.25) is 0 Å². The van der Waals surface area contributed by atoms with Gasteiger partial charge in [0.05, 0.1) is 22.2 Å². The standard InChI is InChI=1S/C24H18FN3O3/c25-17-4-2-5-18(13-17)31-19-6-1-3-15-9-12-26-22(21(15)19)28-24(10-11-24)20-8-7-16(14-27-20)23(29)30/h1-9,12-14H,10-11H2,(H,26,28)(H,29,30). The van der Waals surface area contributed by atoms with E-state index in [4.69, 9.17) is 9.84 Å².